The van der Waals surface area contributed by atoms with Gasteiger partial charge in [-0.25, -0.2) is 4.79 Å². The van der Waals surface area contributed by atoms with Crippen molar-refractivity contribution in [3.8, 4) is 5.75 Å². The number of cyclic esters (lactones) is 1. The number of pyridine rings is 1. The van der Waals surface area contributed by atoms with Crippen LogP contribution in [-0.4, -0.2) is 18.1 Å². The molecule has 1 atom stereocenters. The molecule has 0 aliphatic carbocycles. The quantitative estimate of drug-likeness (QED) is 0.757. The van der Waals surface area contributed by atoms with Gasteiger partial charge in [-0.1, -0.05) is 12.1 Å². The van der Waals surface area contributed by atoms with E-state index in [0.717, 1.165) is 16.9 Å². The van der Waals surface area contributed by atoms with Crippen molar-refractivity contribution in [3.63, 3.8) is 0 Å². The van der Waals surface area contributed by atoms with E-state index in [-0.39, 0.29) is 12.1 Å². The molecule has 0 fully saturated rings. The zero-order valence-corrected chi connectivity index (χ0v) is 9.79. The van der Waals surface area contributed by atoms with Crippen molar-refractivity contribution in [3.05, 3.63) is 59.4 Å². The molecule has 90 valence electrons. The third kappa shape index (κ3) is 1.62. The summed E-state index contributed by atoms with van der Waals surface area (Å²) in [6.07, 6.45) is 2.90. The van der Waals surface area contributed by atoms with Gasteiger partial charge in [0, 0.05) is 18.0 Å². The molecule has 1 aliphatic rings. The summed E-state index contributed by atoms with van der Waals surface area (Å²) in [6.45, 7) is 0. The Morgan fingerprint density at radius 2 is 2.00 bits per heavy atom. The number of methoxy groups -OCH3 is 1. The van der Waals surface area contributed by atoms with Crippen LogP contribution in [0.5, 0.6) is 5.75 Å². The number of ether oxygens (including phenoxy) is 2. The van der Waals surface area contributed by atoms with E-state index >= 15 is 0 Å². The number of hydrogen-bond acceptors (Lipinski definition) is 4. The Morgan fingerprint density at radius 3 is 2.72 bits per heavy atom. The van der Waals surface area contributed by atoms with Gasteiger partial charge in [0.25, 0.3) is 0 Å². The molecule has 4 heteroatoms. The van der Waals surface area contributed by atoms with Crippen molar-refractivity contribution in [2.24, 2.45) is 0 Å². The van der Waals surface area contributed by atoms with E-state index in [9.17, 15) is 4.79 Å². The van der Waals surface area contributed by atoms with E-state index in [2.05, 4.69) is 4.98 Å². The predicted molar refractivity (Wildman–Crippen MR) is 64.5 cm³/mol. The van der Waals surface area contributed by atoms with Crippen LogP contribution in [0.25, 0.3) is 0 Å². The summed E-state index contributed by atoms with van der Waals surface area (Å²) in [5.74, 6) is 0.475. The van der Waals surface area contributed by atoms with Crippen LogP contribution in [-0.2, 0) is 4.74 Å². The molecule has 0 spiro atoms. The standard InChI is InChI=1S/C14H11NO3/c1-17-10-4-2-9(3-5-10)13-12-8-15-7-6-11(12)14(16)18-13/h2-8,13H,1H3. The second kappa shape index (κ2) is 4.14. The number of rotatable bonds is 2. The number of esters is 1. The summed E-state index contributed by atoms with van der Waals surface area (Å²) in [5, 5.41) is 0. The fraction of sp³-hybridized carbons (Fsp3) is 0.143. The summed E-state index contributed by atoms with van der Waals surface area (Å²) in [6, 6.07) is 9.15. The van der Waals surface area contributed by atoms with E-state index in [1.165, 1.54) is 0 Å². The highest BCUT2D eigenvalue weighted by Crippen LogP contribution is 2.35. The summed E-state index contributed by atoms with van der Waals surface area (Å²) in [5.41, 5.74) is 2.31. The minimum Gasteiger partial charge on any atom is -0.497 e. The van der Waals surface area contributed by atoms with E-state index in [1.54, 1.807) is 25.6 Å². The number of carbonyl (C=O) groups is 1. The van der Waals surface area contributed by atoms with Crippen LogP contribution in [0, 0.1) is 0 Å². The number of fused-ring (bicyclic) bond motifs is 1. The van der Waals surface area contributed by atoms with Crippen LogP contribution in [0.3, 0.4) is 0 Å². The molecule has 0 radical (unpaired) electrons. The van der Waals surface area contributed by atoms with E-state index < -0.39 is 0 Å². The van der Waals surface area contributed by atoms with Gasteiger partial charge in [-0.2, -0.15) is 0 Å². The third-order valence-electron chi connectivity index (χ3n) is 3.00. The molecule has 0 saturated carbocycles. The van der Waals surface area contributed by atoms with Gasteiger partial charge in [0.05, 0.1) is 12.7 Å². The maximum absolute atomic E-state index is 11.7. The molecule has 18 heavy (non-hydrogen) atoms. The second-order valence-electron chi connectivity index (χ2n) is 4.02. The Labute approximate surface area is 104 Å². The molecule has 4 nitrogen and oxygen atoms in total. The lowest BCUT2D eigenvalue weighted by molar-refractivity contribution is 0.0455. The molecule has 2 heterocycles. The molecule has 0 amide bonds. The molecule has 1 aliphatic heterocycles. The van der Waals surface area contributed by atoms with Crippen molar-refractivity contribution < 1.29 is 14.3 Å². The highest BCUT2D eigenvalue weighted by molar-refractivity contribution is 5.94. The van der Waals surface area contributed by atoms with Gasteiger partial charge in [0.2, 0.25) is 0 Å². The van der Waals surface area contributed by atoms with E-state index in [0.29, 0.717) is 5.56 Å². The topological polar surface area (TPSA) is 48.4 Å². The Hall–Kier alpha value is -2.36. The molecule has 2 aromatic rings. The van der Waals surface area contributed by atoms with Crippen LogP contribution in [0.15, 0.2) is 42.7 Å². The van der Waals surface area contributed by atoms with Crippen molar-refractivity contribution >= 4 is 5.97 Å². The van der Waals surface area contributed by atoms with E-state index in [1.807, 2.05) is 24.3 Å². The Kier molecular flexibility index (Phi) is 2.48. The zero-order chi connectivity index (χ0) is 12.5. The average molecular weight is 241 g/mol. The van der Waals surface area contributed by atoms with Gasteiger partial charge in [-0.05, 0) is 23.8 Å². The van der Waals surface area contributed by atoms with Crippen LogP contribution in [0.2, 0.25) is 0 Å². The molecular weight excluding hydrogens is 230 g/mol. The summed E-state index contributed by atoms with van der Waals surface area (Å²) >= 11 is 0. The highest BCUT2D eigenvalue weighted by atomic mass is 16.5. The molecule has 1 aromatic heterocycles. The molecule has 1 unspecified atom stereocenters. The van der Waals surface area contributed by atoms with Gasteiger partial charge in [0.15, 0.2) is 6.10 Å². The molecule has 0 bridgehead atoms. The molecule has 1 aromatic carbocycles. The monoisotopic (exact) mass is 241 g/mol. The van der Waals surface area contributed by atoms with E-state index in [4.69, 9.17) is 9.47 Å². The Bertz CT molecular complexity index is 592. The third-order valence-corrected chi connectivity index (χ3v) is 3.00. The van der Waals surface area contributed by atoms with Gasteiger partial charge in [-0.3, -0.25) is 4.98 Å². The fourth-order valence-corrected chi connectivity index (χ4v) is 2.06. The van der Waals surface area contributed by atoms with Gasteiger partial charge in [-0.15, -0.1) is 0 Å². The molecule has 3 rings (SSSR count). The number of nitrogens with zero attached hydrogens (tertiary/aromatic N) is 1. The first-order valence-corrected chi connectivity index (χ1v) is 5.58. The SMILES string of the molecule is COc1ccc(C2OC(=O)c3ccncc32)cc1. The van der Waals surface area contributed by atoms with Gasteiger partial charge in [0.1, 0.15) is 5.75 Å². The lowest BCUT2D eigenvalue weighted by Crippen LogP contribution is -2.00. The maximum Gasteiger partial charge on any atom is 0.339 e. The highest BCUT2D eigenvalue weighted by Gasteiger charge is 2.32. The molecule has 0 N–H and O–H groups in total. The first-order chi connectivity index (χ1) is 8.79. The smallest absolute Gasteiger partial charge is 0.339 e. The molecule has 0 saturated heterocycles. The number of hydrogen-bond donors (Lipinski definition) is 0. The van der Waals surface area contributed by atoms with Crippen LogP contribution in [0.4, 0.5) is 0 Å². The van der Waals surface area contributed by atoms with Crippen LogP contribution in [0.1, 0.15) is 27.6 Å². The van der Waals surface area contributed by atoms with Gasteiger partial charge < -0.3 is 9.47 Å². The summed E-state index contributed by atoms with van der Waals surface area (Å²) in [4.78, 5) is 15.7. The maximum atomic E-state index is 11.7. The number of aromatic nitrogens is 1. The minimum atomic E-state index is -0.368. The number of benzene rings is 1. The molecular formula is C14H11NO3. The average Bonchev–Trinajstić information content (AvgIpc) is 2.77. The number of carbonyl (C=O) groups excluding carboxylic acids is 1. The van der Waals surface area contributed by atoms with Crippen molar-refractivity contribution in [1.29, 1.82) is 0 Å². The summed E-state index contributed by atoms with van der Waals surface area (Å²) < 4.78 is 10.5. The lowest BCUT2D eigenvalue weighted by Gasteiger charge is -2.11. The minimum absolute atomic E-state index is 0.298. The first kappa shape index (κ1) is 10.8. The van der Waals surface area contributed by atoms with Crippen molar-refractivity contribution in [2.45, 2.75) is 6.10 Å². The zero-order valence-electron chi connectivity index (χ0n) is 9.79. The normalized spacial score (nSPS) is 17.2. The Balaban J connectivity index is 2.01. The second-order valence-corrected chi connectivity index (χ2v) is 4.02. The van der Waals surface area contributed by atoms with Gasteiger partial charge >= 0.3 is 5.97 Å². The lowest BCUT2D eigenvalue weighted by atomic mass is 10.0. The predicted octanol–water partition coefficient (Wildman–Crippen LogP) is 2.35. The van der Waals surface area contributed by atoms with Crippen LogP contribution >= 0.6 is 0 Å². The Morgan fingerprint density at radius 1 is 1.22 bits per heavy atom. The fourth-order valence-electron chi connectivity index (χ4n) is 2.06. The van der Waals surface area contributed by atoms with Crippen molar-refractivity contribution in [1.82, 2.24) is 4.98 Å². The first-order valence-electron chi connectivity index (χ1n) is 5.58. The van der Waals surface area contributed by atoms with Crippen LogP contribution < -0.4 is 4.74 Å². The van der Waals surface area contributed by atoms with Crippen molar-refractivity contribution in [2.75, 3.05) is 7.11 Å². The largest absolute Gasteiger partial charge is 0.497 e. The summed E-state index contributed by atoms with van der Waals surface area (Å²) in [7, 11) is 1.61.